The number of ether oxygens (including phenoxy) is 2. The van der Waals surface area contributed by atoms with Gasteiger partial charge in [0, 0.05) is 36.6 Å². The van der Waals surface area contributed by atoms with Crippen molar-refractivity contribution in [1.29, 1.82) is 0 Å². The number of benzene rings is 2. The SMILES string of the molecule is CC.Cc1cc(C(C)(C)c2ccc(OCC(O)CN3CCSCC3)cc2)ccc1OCC(O)CCl. The van der Waals surface area contributed by atoms with Crippen LogP contribution in [0.4, 0.5) is 0 Å². The molecule has 1 fully saturated rings. The van der Waals surface area contributed by atoms with E-state index in [-0.39, 0.29) is 17.9 Å². The highest BCUT2D eigenvalue weighted by Gasteiger charge is 2.24. The Labute approximate surface area is 220 Å². The first-order valence-corrected chi connectivity index (χ1v) is 14.2. The molecular weight excluding hydrogens is 482 g/mol. The number of rotatable bonds is 11. The third-order valence-corrected chi connectivity index (χ3v) is 7.40. The van der Waals surface area contributed by atoms with Crippen LogP contribution in [0.1, 0.15) is 44.4 Å². The van der Waals surface area contributed by atoms with Crippen molar-refractivity contribution in [2.45, 2.75) is 52.2 Å². The third-order valence-electron chi connectivity index (χ3n) is 6.10. The van der Waals surface area contributed by atoms with Gasteiger partial charge in [0.2, 0.25) is 0 Å². The number of hydrogen-bond acceptors (Lipinski definition) is 6. The number of alkyl halides is 1. The summed E-state index contributed by atoms with van der Waals surface area (Å²) in [6.07, 6.45) is -1.16. The van der Waals surface area contributed by atoms with Crippen molar-refractivity contribution in [2.75, 3.05) is 50.2 Å². The van der Waals surface area contributed by atoms with E-state index < -0.39 is 12.2 Å². The fourth-order valence-corrected chi connectivity index (χ4v) is 4.96. The summed E-state index contributed by atoms with van der Waals surface area (Å²) in [5.74, 6) is 3.94. The highest BCUT2D eigenvalue weighted by molar-refractivity contribution is 7.99. The highest BCUT2D eigenvalue weighted by Crippen LogP contribution is 2.34. The van der Waals surface area contributed by atoms with Gasteiger partial charge in [0.05, 0.1) is 5.88 Å². The Morgan fingerprint density at radius 2 is 1.54 bits per heavy atom. The summed E-state index contributed by atoms with van der Waals surface area (Å²) in [4.78, 5) is 2.30. The minimum Gasteiger partial charge on any atom is -0.491 e. The summed E-state index contributed by atoms with van der Waals surface area (Å²) in [7, 11) is 0. The van der Waals surface area contributed by atoms with Gasteiger partial charge in [-0.1, -0.05) is 52.0 Å². The summed E-state index contributed by atoms with van der Waals surface area (Å²) in [6, 6.07) is 14.3. The second-order valence-electron chi connectivity index (χ2n) is 9.13. The molecule has 1 saturated heterocycles. The smallest absolute Gasteiger partial charge is 0.122 e. The van der Waals surface area contributed by atoms with Crippen LogP contribution in [0.2, 0.25) is 0 Å². The molecule has 0 saturated carbocycles. The quantitative estimate of drug-likeness (QED) is 0.399. The second kappa shape index (κ2) is 15.0. The lowest BCUT2D eigenvalue weighted by molar-refractivity contribution is 0.0715. The van der Waals surface area contributed by atoms with Crippen LogP contribution in [0.5, 0.6) is 11.5 Å². The van der Waals surface area contributed by atoms with Crippen molar-refractivity contribution in [2.24, 2.45) is 0 Å². The minimum atomic E-state index is -0.673. The van der Waals surface area contributed by atoms with E-state index in [4.69, 9.17) is 21.1 Å². The molecule has 196 valence electrons. The zero-order valence-electron chi connectivity index (χ0n) is 21.8. The molecule has 2 N–H and O–H groups in total. The molecule has 0 aromatic heterocycles. The van der Waals surface area contributed by atoms with Gasteiger partial charge in [0.15, 0.2) is 0 Å². The maximum atomic E-state index is 10.3. The Balaban J connectivity index is 0.00000210. The molecule has 0 radical (unpaired) electrons. The second-order valence-corrected chi connectivity index (χ2v) is 10.7. The van der Waals surface area contributed by atoms with Gasteiger partial charge < -0.3 is 19.7 Å². The average Bonchev–Trinajstić information content (AvgIpc) is 2.88. The number of hydrogen-bond donors (Lipinski definition) is 2. The summed E-state index contributed by atoms with van der Waals surface area (Å²) >= 11 is 7.61. The van der Waals surface area contributed by atoms with Crippen molar-refractivity contribution in [3.8, 4) is 11.5 Å². The molecule has 3 rings (SSSR count). The lowest BCUT2D eigenvalue weighted by Gasteiger charge is -2.28. The molecule has 0 amide bonds. The van der Waals surface area contributed by atoms with Crippen LogP contribution < -0.4 is 9.47 Å². The number of β-amino-alcohol motifs (C(OH)–C–C–N with tert-alkyl or cyclic N) is 1. The third kappa shape index (κ3) is 9.18. The highest BCUT2D eigenvalue weighted by atomic mass is 35.5. The summed E-state index contributed by atoms with van der Waals surface area (Å²) in [5, 5.41) is 19.9. The first-order valence-electron chi connectivity index (χ1n) is 12.5. The first kappa shape index (κ1) is 29.8. The normalized spacial score (nSPS) is 16.1. The molecule has 1 heterocycles. The molecule has 2 atom stereocenters. The van der Waals surface area contributed by atoms with Crippen molar-refractivity contribution in [3.63, 3.8) is 0 Å². The van der Waals surface area contributed by atoms with Crippen molar-refractivity contribution in [1.82, 2.24) is 4.90 Å². The van der Waals surface area contributed by atoms with Crippen LogP contribution in [0, 0.1) is 6.92 Å². The van der Waals surface area contributed by atoms with Gasteiger partial charge in [-0.15, -0.1) is 11.6 Å². The number of aryl methyl sites for hydroxylation is 1. The van der Waals surface area contributed by atoms with Crippen LogP contribution in [-0.4, -0.2) is 77.6 Å². The molecular formula is C28H42ClNO4S. The molecule has 1 aliphatic heterocycles. The number of nitrogens with zero attached hydrogens (tertiary/aromatic N) is 1. The molecule has 1 aliphatic rings. The molecule has 5 nitrogen and oxygen atoms in total. The first-order chi connectivity index (χ1) is 16.8. The van der Waals surface area contributed by atoms with Gasteiger partial charge in [-0.05, 0) is 41.8 Å². The monoisotopic (exact) mass is 523 g/mol. The summed E-state index contributed by atoms with van der Waals surface area (Å²) in [5.41, 5.74) is 3.16. The van der Waals surface area contributed by atoms with E-state index in [9.17, 15) is 10.2 Å². The van der Waals surface area contributed by atoms with E-state index in [1.807, 2.05) is 50.7 Å². The largest absolute Gasteiger partial charge is 0.491 e. The number of halogens is 1. The zero-order valence-corrected chi connectivity index (χ0v) is 23.4. The van der Waals surface area contributed by atoms with Crippen LogP contribution in [0.15, 0.2) is 42.5 Å². The Morgan fingerprint density at radius 3 is 2.14 bits per heavy atom. The lowest BCUT2D eigenvalue weighted by Crippen LogP contribution is -2.40. The van der Waals surface area contributed by atoms with E-state index in [0.717, 1.165) is 41.7 Å². The number of thioether (sulfide) groups is 1. The van der Waals surface area contributed by atoms with Crippen molar-refractivity contribution >= 4 is 23.4 Å². The molecule has 7 heteroatoms. The van der Waals surface area contributed by atoms with E-state index in [1.165, 1.54) is 11.1 Å². The fourth-order valence-electron chi connectivity index (χ4n) is 3.89. The predicted molar refractivity (Wildman–Crippen MR) is 149 cm³/mol. The van der Waals surface area contributed by atoms with E-state index in [0.29, 0.717) is 13.2 Å². The number of aliphatic hydroxyl groups excluding tert-OH is 2. The zero-order chi connectivity index (χ0) is 25.8. The van der Waals surface area contributed by atoms with Crippen LogP contribution in [0.3, 0.4) is 0 Å². The van der Waals surface area contributed by atoms with Crippen LogP contribution in [0.25, 0.3) is 0 Å². The van der Waals surface area contributed by atoms with Crippen molar-refractivity contribution in [3.05, 3.63) is 59.2 Å². The Kier molecular flexibility index (Phi) is 12.7. The van der Waals surface area contributed by atoms with Gasteiger partial charge in [0.25, 0.3) is 0 Å². The molecule has 0 aliphatic carbocycles. The molecule has 2 unspecified atom stereocenters. The molecule has 0 bridgehead atoms. The van der Waals surface area contributed by atoms with Gasteiger partial charge in [-0.25, -0.2) is 0 Å². The molecule has 2 aromatic carbocycles. The van der Waals surface area contributed by atoms with E-state index >= 15 is 0 Å². The van der Waals surface area contributed by atoms with Gasteiger partial charge in [-0.2, -0.15) is 11.8 Å². The van der Waals surface area contributed by atoms with Gasteiger partial charge in [0.1, 0.15) is 36.9 Å². The van der Waals surface area contributed by atoms with Gasteiger partial charge in [-0.3, -0.25) is 4.90 Å². The van der Waals surface area contributed by atoms with Crippen molar-refractivity contribution < 1.29 is 19.7 Å². The topological polar surface area (TPSA) is 62.2 Å². The molecule has 35 heavy (non-hydrogen) atoms. The summed E-state index contributed by atoms with van der Waals surface area (Å²) in [6.45, 7) is 13.6. The van der Waals surface area contributed by atoms with Crippen LogP contribution >= 0.6 is 23.4 Å². The maximum Gasteiger partial charge on any atom is 0.122 e. The Bertz CT molecular complexity index is 872. The molecule has 0 spiro atoms. The Hall–Kier alpha value is -1.44. The fraction of sp³-hybridized carbons (Fsp3) is 0.571. The van der Waals surface area contributed by atoms with E-state index in [1.54, 1.807) is 0 Å². The lowest BCUT2D eigenvalue weighted by atomic mass is 9.77. The maximum absolute atomic E-state index is 10.3. The average molecular weight is 524 g/mol. The predicted octanol–water partition coefficient (Wildman–Crippen LogP) is 5.11. The molecule has 2 aromatic rings. The van der Waals surface area contributed by atoms with Gasteiger partial charge >= 0.3 is 0 Å². The van der Waals surface area contributed by atoms with E-state index in [2.05, 4.69) is 43.0 Å². The Morgan fingerprint density at radius 1 is 0.943 bits per heavy atom. The minimum absolute atomic E-state index is 0.153. The number of aliphatic hydroxyl groups is 2. The standard InChI is InChI=1S/C26H36ClNO4S.C2H6/c1-19-14-21(6-9-25(19)32-17-22(29)15-27)26(2,3)20-4-7-24(8-5-20)31-18-23(30)16-28-10-12-33-13-11-28;1-2/h4-9,14,22-23,29-30H,10-13,15-18H2,1-3H3;1-2H3. The van der Waals surface area contributed by atoms with Crippen LogP contribution in [-0.2, 0) is 5.41 Å². The summed E-state index contributed by atoms with van der Waals surface area (Å²) < 4.78 is 11.5.